The van der Waals surface area contributed by atoms with Gasteiger partial charge in [-0.2, -0.15) is 0 Å². The molecule has 0 aromatic heterocycles. The normalized spacial score (nSPS) is 11.7. The van der Waals surface area contributed by atoms with Crippen LogP contribution in [0, 0.1) is 0 Å². The van der Waals surface area contributed by atoms with E-state index in [0.717, 1.165) is 16.3 Å². The van der Waals surface area contributed by atoms with Gasteiger partial charge in [0.1, 0.15) is 0 Å². The molecular formula is C13H22BrIN4O2S. The monoisotopic (exact) mass is 504 g/mol. The SMILES string of the molecule is CN=C(NCCNS(C)(=O)=O)N(C)Cc1ccccc1Br.I. The molecule has 6 nitrogen and oxygen atoms in total. The van der Waals surface area contributed by atoms with Gasteiger partial charge in [-0.25, -0.2) is 13.1 Å². The van der Waals surface area contributed by atoms with Gasteiger partial charge in [-0.1, -0.05) is 34.1 Å². The average molecular weight is 505 g/mol. The molecule has 0 aliphatic heterocycles. The number of guanidine groups is 1. The van der Waals surface area contributed by atoms with Gasteiger partial charge in [-0.15, -0.1) is 24.0 Å². The molecule has 0 radical (unpaired) electrons. The average Bonchev–Trinajstić information content (AvgIpc) is 2.40. The highest BCUT2D eigenvalue weighted by molar-refractivity contribution is 14.0. The Balaban J connectivity index is 0.00000441. The second-order valence-electron chi connectivity index (χ2n) is 4.59. The van der Waals surface area contributed by atoms with Crippen LogP contribution in [0.4, 0.5) is 0 Å². The van der Waals surface area contributed by atoms with Gasteiger partial charge in [-0.3, -0.25) is 4.99 Å². The minimum absolute atomic E-state index is 0. The number of nitrogens with zero attached hydrogens (tertiary/aromatic N) is 2. The van der Waals surface area contributed by atoms with E-state index in [9.17, 15) is 8.42 Å². The van der Waals surface area contributed by atoms with Crippen molar-refractivity contribution in [2.24, 2.45) is 4.99 Å². The number of rotatable bonds is 6. The Kier molecular flexibility index (Phi) is 10.2. The molecule has 0 bridgehead atoms. The van der Waals surface area contributed by atoms with Crippen molar-refractivity contribution in [3.05, 3.63) is 34.3 Å². The van der Waals surface area contributed by atoms with Crippen molar-refractivity contribution in [1.82, 2.24) is 14.9 Å². The van der Waals surface area contributed by atoms with E-state index in [2.05, 4.69) is 31.0 Å². The summed E-state index contributed by atoms with van der Waals surface area (Å²) in [5.41, 5.74) is 1.15. The smallest absolute Gasteiger partial charge is 0.208 e. The lowest BCUT2D eigenvalue weighted by Crippen LogP contribution is -2.42. The molecule has 1 aromatic carbocycles. The molecular weight excluding hydrogens is 483 g/mol. The van der Waals surface area contributed by atoms with E-state index in [-0.39, 0.29) is 24.0 Å². The number of benzene rings is 1. The van der Waals surface area contributed by atoms with Crippen LogP contribution in [0.5, 0.6) is 0 Å². The fraction of sp³-hybridized carbons (Fsp3) is 0.462. The Hall–Kier alpha value is -0.390. The molecule has 126 valence electrons. The van der Waals surface area contributed by atoms with Gasteiger partial charge < -0.3 is 10.2 Å². The summed E-state index contributed by atoms with van der Waals surface area (Å²) >= 11 is 3.52. The van der Waals surface area contributed by atoms with Crippen molar-refractivity contribution >= 4 is 55.9 Å². The van der Waals surface area contributed by atoms with E-state index >= 15 is 0 Å². The lowest BCUT2D eigenvalue weighted by Gasteiger charge is -2.22. The molecule has 0 heterocycles. The zero-order valence-electron chi connectivity index (χ0n) is 12.8. The van der Waals surface area contributed by atoms with Crippen LogP contribution in [-0.2, 0) is 16.6 Å². The van der Waals surface area contributed by atoms with E-state index in [1.807, 2.05) is 36.2 Å². The van der Waals surface area contributed by atoms with Gasteiger partial charge in [0.25, 0.3) is 0 Å². The van der Waals surface area contributed by atoms with Crippen LogP contribution in [0.15, 0.2) is 33.7 Å². The van der Waals surface area contributed by atoms with Crippen molar-refractivity contribution in [3.63, 3.8) is 0 Å². The first-order chi connectivity index (χ1) is 9.83. The Labute approximate surface area is 158 Å². The molecule has 0 spiro atoms. The molecule has 0 saturated carbocycles. The predicted molar refractivity (Wildman–Crippen MR) is 105 cm³/mol. The summed E-state index contributed by atoms with van der Waals surface area (Å²) in [5.74, 6) is 0.709. The molecule has 0 fully saturated rings. The highest BCUT2D eigenvalue weighted by Crippen LogP contribution is 2.17. The molecule has 0 amide bonds. The molecule has 0 saturated heterocycles. The van der Waals surface area contributed by atoms with E-state index in [1.54, 1.807) is 7.05 Å². The van der Waals surface area contributed by atoms with Gasteiger partial charge in [0.2, 0.25) is 10.0 Å². The summed E-state index contributed by atoms with van der Waals surface area (Å²) in [6.07, 6.45) is 1.14. The molecule has 0 unspecified atom stereocenters. The maximum absolute atomic E-state index is 11.0. The lowest BCUT2D eigenvalue weighted by atomic mass is 10.2. The van der Waals surface area contributed by atoms with Gasteiger partial charge in [0, 0.05) is 38.2 Å². The van der Waals surface area contributed by atoms with Crippen LogP contribution in [-0.4, -0.2) is 52.7 Å². The zero-order chi connectivity index (χ0) is 15.9. The van der Waals surface area contributed by atoms with E-state index in [0.29, 0.717) is 25.6 Å². The quantitative estimate of drug-likeness (QED) is 0.267. The maximum Gasteiger partial charge on any atom is 0.208 e. The van der Waals surface area contributed by atoms with Crippen molar-refractivity contribution in [1.29, 1.82) is 0 Å². The second-order valence-corrected chi connectivity index (χ2v) is 7.28. The molecule has 0 aliphatic rings. The van der Waals surface area contributed by atoms with Crippen LogP contribution in [0.2, 0.25) is 0 Å². The number of aliphatic imine (C=N–C) groups is 1. The predicted octanol–water partition coefficient (Wildman–Crippen LogP) is 1.62. The summed E-state index contributed by atoms with van der Waals surface area (Å²) in [6, 6.07) is 7.99. The number of halogens is 2. The van der Waals surface area contributed by atoms with Gasteiger partial charge in [0.15, 0.2) is 5.96 Å². The fourth-order valence-corrected chi connectivity index (χ4v) is 2.64. The summed E-state index contributed by atoms with van der Waals surface area (Å²) in [4.78, 5) is 6.16. The minimum atomic E-state index is -3.15. The molecule has 0 atom stereocenters. The highest BCUT2D eigenvalue weighted by atomic mass is 127. The van der Waals surface area contributed by atoms with Gasteiger partial charge >= 0.3 is 0 Å². The van der Waals surface area contributed by atoms with Crippen molar-refractivity contribution in [3.8, 4) is 0 Å². The molecule has 2 N–H and O–H groups in total. The lowest BCUT2D eigenvalue weighted by molar-refractivity contribution is 0.476. The topological polar surface area (TPSA) is 73.8 Å². The third-order valence-corrected chi connectivity index (χ3v) is 4.21. The van der Waals surface area contributed by atoms with E-state index < -0.39 is 10.0 Å². The molecule has 9 heteroatoms. The first kappa shape index (κ1) is 21.6. The largest absolute Gasteiger partial charge is 0.355 e. The minimum Gasteiger partial charge on any atom is -0.355 e. The first-order valence-corrected chi connectivity index (χ1v) is 9.11. The number of nitrogens with one attached hydrogen (secondary N) is 2. The maximum atomic E-state index is 11.0. The van der Waals surface area contributed by atoms with Crippen molar-refractivity contribution in [2.75, 3.05) is 33.4 Å². The third kappa shape index (κ3) is 8.30. The first-order valence-electron chi connectivity index (χ1n) is 6.43. The van der Waals surface area contributed by atoms with Crippen molar-refractivity contribution < 1.29 is 8.42 Å². The summed E-state index contributed by atoms with van der Waals surface area (Å²) in [5, 5.41) is 3.12. The van der Waals surface area contributed by atoms with Crippen LogP contribution in [0.3, 0.4) is 0 Å². The second kappa shape index (κ2) is 10.4. The highest BCUT2D eigenvalue weighted by Gasteiger charge is 2.08. The summed E-state index contributed by atoms with van der Waals surface area (Å²) in [7, 11) is 0.474. The summed E-state index contributed by atoms with van der Waals surface area (Å²) in [6.45, 7) is 1.49. The van der Waals surface area contributed by atoms with Crippen LogP contribution in [0.25, 0.3) is 0 Å². The molecule has 0 aliphatic carbocycles. The van der Waals surface area contributed by atoms with E-state index in [1.165, 1.54) is 0 Å². The van der Waals surface area contributed by atoms with Crippen LogP contribution in [0.1, 0.15) is 5.56 Å². The molecule has 1 rings (SSSR count). The molecule has 22 heavy (non-hydrogen) atoms. The van der Waals surface area contributed by atoms with Crippen molar-refractivity contribution in [2.45, 2.75) is 6.54 Å². The fourth-order valence-electron chi connectivity index (χ4n) is 1.75. The Bertz CT molecular complexity index is 595. The number of hydrogen-bond donors (Lipinski definition) is 2. The van der Waals surface area contributed by atoms with Crippen LogP contribution >= 0.6 is 39.9 Å². The Morgan fingerprint density at radius 2 is 1.95 bits per heavy atom. The van der Waals surface area contributed by atoms with Crippen LogP contribution < -0.4 is 10.0 Å². The standard InChI is InChI=1S/C13H21BrN4O2S.HI/c1-15-13(16-8-9-17-21(3,19)20)18(2)10-11-6-4-5-7-12(11)14;/h4-7,17H,8-10H2,1-3H3,(H,15,16);1H. The van der Waals surface area contributed by atoms with Gasteiger partial charge in [-0.05, 0) is 11.6 Å². The Morgan fingerprint density at radius 3 is 2.50 bits per heavy atom. The molecule has 1 aromatic rings. The number of hydrogen-bond acceptors (Lipinski definition) is 3. The number of sulfonamides is 1. The third-order valence-electron chi connectivity index (χ3n) is 2.71. The summed E-state index contributed by atoms with van der Waals surface area (Å²) < 4.78 is 25.4. The Morgan fingerprint density at radius 1 is 1.32 bits per heavy atom. The van der Waals surface area contributed by atoms with Gasteiger partial charge in [0.05, 0.1) is 6.26 Å². The zero-order valence-corrected chi connectivity index (χ0v) is 17.6. The van der Waals surface area contributed by atoms with E-state index in [4.69, 9.17) is 0 Å².